The van der Waals surface area contributed by atoms with Crippen molar-refractivity contribution in [1.29, 1.82) is 5.41 Å². The number of hydrogen-bond acceptors (Lipinski definition) is 5. The van der Waals surface area contributed by atoms with Crippen molar-refractivity contribution in [2.45, 2.75) is 6.92 Å². The lowest BCUT2D eigenvalue weighted by Gasteiger charge is -2.09. The average molecular weight is 388 g/mol. The second-order valence-corrected chi connectivity index (χ2v) is 5.75. The van der Waals surface area contributed by atoms with E-state index in [-0.39, 0.29) is 5.57 Å². The Kier molecular flexibility index (Phi) is 5.54. The number of amides is 1. The molecule has 8 heteroatoms. The maximum absolute atomic E-state index is 11.5. The van der Waals surface area contributed by atoms with Crippen LogP contribution < -0.4 is 5.73 Å². The van der Waals surface area contributed by atoms with Gasteiger partial charge in [0.1, 0.15) is 0 Å². The molecule has 0 saturated carbocycles. The first kappa shape index (κ1) is 17.5. The minimum atomic E-state index is -0.955. The Bertz CT molecular complexity index is 850. The molecule has 0 atom stereocenters. The Labute approximate surface area is 146 Å². The zero-order chi connectivity index (χ0) is 17.7. The summed E-state index contributed by atoms with van der Waals surface area (Å²) in [7, 11) is 0. The van der Waals surface area contributed by atoms with Crippen molar-refractivity contribution in [2.75, 3.05) is 5.73 Å². The number of carbonyl (C=O) groups excluding carboxylic acids is 1. The average Bonchev–Trinajstić information content (AvgIpc) is 2.96. The van der Waals surface area contributed by atoms with Gasteiger partial charge in [-0.1, -0.05) is 28.1 Å². The molecule has 0 aliphatic rings. The standard InChI is InChI=1S/C16H14BrN5O2/c1-10(8-12(6-7-18)16(23)21-24)22-15(14(19)9-20-22)11-2-4-13(17)5-3-11/h2-9,18H,19H2,1H3/b10-8+,12-6+,18-7?. The lowest BCUT2D eigenvalue weighted by molar-refractivity contribution is -0.114. The number of halogens is 1. The monoisotopic (exact) mass is 387 g/mol. The third-order valence-corrected chi connectivity index (χ3v) is 3.74. The number of nitrogens with zero attached hydrogens (tertiary/aromatic N) is 3. The molecule has 0 unspecified atom stereocenters. The minimum absolute atomic E-state index is 0.00618. The number of rotatable bonds is 5. The second-order valence-electron chi connectivity index (χ2n) is 4.84. The van der Waals surface area contributed by atoms with Gasteiger partial charge in [0.25, 0.3) is 0 Å². The van der Waals surface area contributed by atoms with Crippen molar-refractivity contribution in [3.8, 4) is 11.3 Å². The number of carbonyl (C=O) groups is 1. The van der Waals surface area contributed by atoms with Gasteiger partial charge in [-0.05, 0) is 31.2 Å². The van der Waals surface area contributed by atoms with Crippen LogP contribution in [0.3, 0.4) is 0 Å². The highest BCUT2D eigenvalue weighted by Crippen LogP contribution is 2.29. The number of anilines is 1. The fourth-order valence-corrected chi connectivity index (χ4v) is 2.40. The first-order valence-corrected chi connectivity index (χ1v) is 7.63. The van der Waals surface area contributed by atoms with Crippen LogP contribution in [0.2, 0.25) is 0 Å². The molecular weight excluding hydrogens is 374 g/mol. The zero-order valence-electron chi connectivity index (χ0n) is 12.7. The predicted octanol–water partition coefficient (Wildman–Crippen LogP) is 3.62. The summed E-state index contributed by atoms with van der Waals surface area (Å²) < 4.78 is 2.50. The van der Waals surface area contributed by atoms with E-state index in [1.54, 1.807) is 11.6 Å². The Hall–Kier alpha value is -2.87. The number of benzene rings is 1. The largest absolute Gasteiger partial charge is 0.396 e. The smallest absolute Gasteiger partial charge is 0.316 e. The van der Waals surface area contributed by atoms with E-state index in [2.05, 4.69) is 26.2 Å². The number of allylic oxidation sites excluding steroid dienone is 2. The molecule has 1 heterocycles. The summed E-state index contributed by atoms with van der Waals surface area (Å²) in [6.45, 7) is 1.71. The molecule has 0 aliphatic heterocycles. The highest BCUT2D eigenvalue weighted by Gasteiger charge is 2.14. The van der Waals surface area contributed by atoms with E-state index < -0.39 is 5.91 Å². The second kappa shape index (κ2) is 7.60. The zero-order valence-corrected chi connectivity index (χ0v) is 14.3. The van der Waals surface area contributed by atoms with Gasteiger partial charge >= 0.3 is 5.91 Å². The fourth-order valence-electron chi connectivity index (χ4n) is 2.14. The Balaban J connectivity index is 2.53. The van der Waals surface area contributed by atoms with E-state index in [1.807, 2.05) is 24.3 Å². The predicted molar refractivity (Wildman–Crippen MR) is 97.4 cm³/mol. The molecule has 24 heavy (non-hydrogen) atoms. The first-order valence-electron chi connectivity index (χ1n) is 6.84. The van der Waals surface area contributed by atoms with Crippen LogP contribution in [-0.2, 0) is 4.79 Å². The maximum atomic E-state index is 11.5. The normalized spacial score (nSPS) is 12.1. The van der Waals surface area contributed by atoms with Crippen molar-refractivity contribution < 1.29 is 4.79 Å². The van der Waals surface area contributed by atoms with Crippen LogP contribution in [-0.4, -0.2) is 21.9 Å². The summed E-state index contributed by atoms with van der Waals surface area (Å²) in [4.78, 5) is 22.0. The van der Waals surface area contributed by atoms with E-state index in [0.717, 1.165) is 16.3 Å². The third-order valence-electron chi connectivity index (χ3n) is 3.21. The number of nitroso groups, excluding NO2 is 1. The van der Waals surface area contributed by atoms with Crippen molar-refractivity contribution in [1.82, 2.24) is 9.78 Å². The van der Waals surface area contributed by atoms with E-state index in [9.17, 15) is 9.70 Å². The number of nitrogen functional groups attached to an aromatic ring is 1. The van der Waals surface area contributed by atoms with Crippen molar-refractivity contribution in [3.05, 3.63) is 57.6 Å². The summed E-state index contributed by atoms with van der Waals surface area (Å²) in [5.41, 5.74) is 8.54. The van der Waals surface area contributed by atoms with Crippen molar-refractivity contribution in [3.63, 3.8) is 0 Å². The van der Waals surface area contributed by atoms with Crippen molar-refractivity contribution >= 4 is 39.4 Å². The lowest BCUT2D eigenvalue weighted by atomic mass is 10.1. The van der Waals surface area contributed by atoms with Crippen LogP contribution in [0.15, 0.2) is 57.8 Å². The van der Waals surface area contributed by atoms with E-state index >= 15 is 0 Å². The van der Waals surface area contributed by atoms with Crippen LogP contribution in [0.5, 0.6) is 0 Å². The number of hydrogen-bond donors (Lipinski definition) is 2. The van der Waals surface area contributed by atoms with Gasteiger partial charge in [0.2, 0.25) is 0 Å². The molecule has 0 aliphatic carbocycles. The summed E-state index contributed by atoms with van der Waals surface area (Å²) >= 11 is 3.38. The van der Waals surface area contributed by atoms with Crippen LogP contribution >= 0.6 is 15.9 Å². The van der Waals surface area contributed by atoms with Gasteiger partial charge in [-0.25, -0.2) is 4.68 Å². The molecule has 0 fully saturated rings. The molecule has 0 saturated heterocycles. The molecule has 0 radical (unpaired) electrons. The Morgan fingerprint density at radius 2 is 2.04 bits per heavy atom. The molecule has 1 amide bonds. The molecule has 0 bridgehead atoms. The van der Waals surface area contributed by atoms with Gasteiger partial charge in [-0.2, -0.15) is 5.10 Å². The van der Waals surface area contributed by atoms with Crippen LogP contribution in [0, 0.1) is 10.3 Å². The molecule has 1 aromatic heterocycles. The molecule has 2 aromatic rings. The SMILES string of the molecule is C/C(=C\C(=C/C=N)C(=O)N=O)n1ncc(N)c1-c1ccc(Br)cc1. The first-order chi connectivity index (χ1) is 11.5. The van der Waals surface area contributed by atoms with Gasteiger partial charge in [0.05, 0.1) is 17.6 Å². The van der Waals surface area contributed by atoms with Gasteiger partial charge < -0.3 is 11.1 Å². The van der Waals surface area contributed by atoms with E-state index in [4.69, 9.17) is 11.1 Å². The molecular formula is C16H14BrN5O2. The van der Waals surface area contributed by atoms with Gasteiger partial charge in [0, 0.05) is 32.7 Å². The summed E-state index contributed by atoms with van der Waals surface area (Å²) in [6.07, 6.45) is 5.05. The Morgan fingerprint density at radius 1 is 1.38 bits per heavy atom. The quantitative estimate of drug-likeness (QED) is 0.352. The molecule has 2 rings (SSSR count). The topological polar surface area (TPSA) is 114 Å². The van der Waals surface area contributed by atoms with Gasteiger partial charge in [-0.3, -0.25) is 4.79 Å². The number of nitrogens with two attached hydrogens (primary N) is 1. The molecule has 122 valence electrons. The maximum Gasteiger partial charge on any atom is 0.316 e. The lowest BCUT2D eigenvalue weighted by Crippen LogP contribution is -2.03. The van der Waals surface area contributed by atoms with Crippen LogP contribution in [0.4, 0.5) is 5.69 Å². The molecule has 0 spiro atoms. The molecule has 7 nitrogen and oxygen atoms in total. The molecule has 3 N–H and O–H groups in total. The fraction of sp³-hybridized carbons (Fsp3) is 0.0625. The molecule has 1 aromatic carbocycles. The summed E-state index contributed by atoms with van der Waals surface area (Å²) in [5.74, 6) is -0.955. The summed E-state index contributed by atoms with van der Waals surface area (Å²) in [6, 6.07) is 7.53. The minimum Gasteiger partial charge on any atom is -0.396 e. The van der Waals surface area contributed by atoms with Gasteiger partial charge in [0.15, 0.2) is 0 Å². The van der Waals surface area contributed by atoms with Crippen LogP contribution in [0.1, 0.15) is 6.92 Å². The third kappa shape index (κ3) is 3.72. The number of nitrogens with one attached hydrogen (secondary N) is 1. The van der Waals surface area contributed by atoms with Crippen molar-refractivity contribution in [2.24, 2.45) is 5.18 Å². The van der Waals surface area contributed by atoms with Gasteiger partial charge in [-0.15, -0.1) is 4.91 Å². The van der Waals surface area contributed by atoms with E-state index in [0.29, 0.717) is 17.1 Å². The highest BCUT2D eigenvalue weighted by atomic mass is 79.9. The van der Waals surface area contributed by atoms with E-state index in [1.165, 1.54) is 18.3 Å². The highest BCUT2D eigenvalue weighted by molar-refractivity contribution is 9.10. The summed E-state index contributed by atoms with van der Waals surface area (Å²) in [5, 5.41) is 13.7. The number of aromatic nitrogens is 2. The Morgan fingerprint density at radius 3 is 2.62 bits per heavy atom. The van der Waals surface area contributed by atoms with Crippen LogP contribution in [0.25, 0.3) is 17.0 Å².